The van der Waals surface area contributed by atoms with E-state index in [4.69, 9.17) is 4.99 Å². The van der Waals surface area contributed by atoms with E-state index in [2.05, 4.69) is 19.1 Å². The summed E-state index contributed by atoms with van der Waals surface area (Å²) in [6.45, 7) is 3.90. The van der Waals surface area contributed by atoms with E-state index < -0.39 is 0 Å². The van der Waals surface area contributed by atoms with E-state index in [0.29, 0.717) is 5.56 Å². The second-order valence-corrected chi connectivity index (χ2v) is 6.27. The van der Waals surface area contributed by atoms with Crippen molar-refractivity contribution in [3.8, 4) is 0 Å². The van der Waals surface area contributed by atoms with Crippen LogP contribution in [0.4, 0.5) is 4.39 Å². The molecule has 22 heavy (non-hydrogen) atoms. The predicted molar refractivity (Wildman–Crippen MR) is 89.9 cm³/mol. The molecule has 0 aliphatic heterocycles. The van der Waals surface area contributed by atoms with Crippen molar-refractivity contribution >= 4 is 5.71 Å². The highest BCUT2D eigenvalue weighted by molar-refractivity contribution is 6.01. The van der Waals surface area contributed by atoms with Gasteiger partial charge in [0.05, 0.1) is 6.04 Å². The van der Waals surface area contributed by atoms with Gasteiger partial charge in [-0.1, -0.05) is 42.5 Å². The van der Waals surface area contributed by atoms with Crippen LogP contribution in [0.5, 0.6) is 0 Å². The van der Waals surface area contributed by atoms with Crippen molar-refractivity contribution in [2.24, 2.45) is 10.9 Å². The Morgan fingerprint density at radius 2 is 1.91 bits per heavy atom. The fourth-order valence-corrected chi connectivity index (χ4v) is 2.65. The molecule has 1 fully saturated rings. The summed E-state index contributed by atoms with van der Waals surface area (Å²) in [5, 5.41) is 0. The molecule has 1 atom stereocenters. The monoisotopic (exact) mass is 295 g/mol. The summed E-state index contributed by atoms with van der Waals surface area (Å²) in [6.07, 6.45) is 3.50. The third-order valence-electron chi connectivity index (χ3n) is 4.32. The molecule has 0 bridgehead atoms. The van der Waals surface area contributed by atoms with E-state index in [1.807, 2.05) is 30.3 Å². The van der Waals surface area contributed by atoms with Crippen molar-refractivity contribution in [2.75, 3.05) is 0 Å². The summed E-state index contributed by atoms with van der Waals surface area (Å²) in [5.41, 5.74) is 3.85. The zero-order chi connectivity index (χ0) is 15.5. The first-order valence-electron chi connectivity index (χ1n) is 8.01. The molecule has 2 heteroatoms. The lowest BCUT2D eigenvalue weighted by atomic mass is 10.0. The number of halogens is 1. The molecule has 1 nitrogen and oxygen atoms in total. The van der Waals surface area contributed by atoms with E-state index >= 15 is 0 Å². The highest BCUT2D eigenvalue weighted by atomic mass is 19.1. The van der Waals surface area contributed by atoms with Crippen LogP contribution in [-0.4, -0.2) is 5.71 Å². The van der Waals surface area contributed by atoms with E-state index in [9.17, 15) is 4.39 Å². The van der Waals surface area contributed by atoms with Crippen LogP contribution in [0.1, 0.15) is 48.9 Å². The van der Waals surface area contributed by atoms with Crippen molar-refractivity contribution in [3.05, 3.63) is 71.0 Å². The van der Waals surface area contributed by atoms with Crippen LogP contribution >= 0.6 is 0 Å². The second-order valence-electron chi connectivity index (χ2n) is 6.27. The molecule has 0 aromatic heterocycles. The number of rotatable bonds is 5. The van der Waals surface area contributed by atoms with Gasteiger partial charge in [0.2, 0.25) is 0 Å². The molecule has 0 amide bonds. The third kappa shape index (κ3) is 3.62. The van der Waals surface area contributed by atoms with Gasteiger partial charge in [0.15, 0.2) is 0 Å². The highest BCUT2D eigenvalue weighted by Crippen LogP contribution is 2.34. The molecular weight excluding hydrogens is 273 g/mol. The Morgan fingerprint density at radius 1 is 1.18 bits per heavy atom. The molecule has 0 spiro atoms. The summed E-state index contributed by atoms with van der Waals surface area (Å²) in [7, 11) is 0. The zero-order valence-electron chi connectivity index (χ0n) is 13.2. The molecule has 0 radical (unpaired) electrons. The summed E-state index contributed by atoms with van der Waals surface area (Å²) in [6, 6.07) is 15.9. The molecule has 0 heterocycles. The topological polar surface area (TPSA) is 12.4 Å². The maximum atomic E-state index is 13.9. The lowest BCUT2D eigenvalue weighted by molar-refractivity contribution is 0.618. The first-order valence-corrected chi connectivity index (χ1v) is 8.01. The van der Waals surface area contributed by atoms with Gasteiger partial charge in [0.1, 0.15) is 5.82 Å². The molecule has 1 aliphatic rings. The van der Waals surface area contributed by atoms with E-state index in [-0.39, 0.29) is 11.9 Å². The van der Waals surface area contributed by atoms with Crippen LogP contribution in [0.15, 0.2) is 53.5 Å². The second kappa shape index (κ2) is 6.43. The van der Waals surface area contributed by atoms with Gasteiger partial charge in [-0.2, -0.15) is 0 Å². The first-order chi connectivity index (χ1) is 10.6. The number of hydrogen-bond acceptors (Lipinski definition) is 1. The molecule has 0 N–H and O–H groups in total. The first kappa shape index (κ1) is 15.0. The Balaban J connectivity index is 1.91. The third-order valence-corrected chi connectivity index (χ3v) is 4.32. The summed E-state index contributed by atoms with van der Waals surface area (Å²) >= 11 is 0. The Labute approximate surface area is 131 Å². The normalized spacial score (nSPS) is 16.6. The van der Waals surface area contributed by atoms with Gasteiger partial charge in [-0.25, -0.2) is 4.39 Å². The molecule has 2 aromatic rings. The number of aliphatic imine (C=N–C) groups is 1. The largest absolute Gasteiger partial charge is 0.281 e. The Hall–Kier alpha value is -1.96. The molecular formula is C20H22FN. The van der Waals surface area contributed by atoms with Gasteiger partial charge in [-0.15, -0.1) is 0 Å². The van der Waals surface area contributed by atoms with Gasteiger partial charge >= 0.3 is 0 Å². The Kier molecular flexibility index (Phi) is 4.37. The zero-order valence-corrected chi connectivity index (χ0v) is 13.2. The quantitative estimate of drug-likeness (QED) is 0.647. The van der Waals surface area contributed by atoms with E-state index in [1.54, 1.807) is 13.0 Å². The summed E-state index contributed by atoms with van der Waals surface area (Å²) in [5.74, 6) is 0.583. The SMILES string of the molecule is Cc1ccc(C(CC2CC2)=NC(C)c2ccccc2)cc1F. The van der Waals surface area contributed by atoms with Gasteiger partial charge in [-0.05, 0) is 61.8 Å². The van der Waals surface area contributed by atoms with Crippen molar-refractivity contribution in [1.82, 2.24) is 0 Å². The minimum Gasteiger partial charge on any atom is -0.281 e. The summed E-state index contributed by atoms with van der Waals surface area (Å²) in [4.78, 5) is 4.92. The fourth-order valence-electron chi connectivity index (χ4n) is 2.65. The smallest absolute Gasteiger partial charge is 0.126 e. The van der Waals surface area contributed by atoms with Gasteiger partial charge in [-0.3, -0.25) is 4.99 Å². The standard InChI is InChI=1S/C20H22FN/c1-14-8-11-18(13-19(14)21)20(12-16-9-10-16)22-15(2)17-6-4-3-5-7-17/h3-8,11,13,15-16H,9-10,12H2,1-2H3. The molecule has 1 aliphatic carbocycles. The highest BCUT2D eigenvalue weighted by Gasteiger charge is 2.24. The van der Waals surface area contributed by atoms with Gasteiger partial charge in [0.25, 0.3) is 0 Å². The van der Waals surface area contributed by atoms with Gasteiger partial charge < -0.3 is 0 Å². The number of aryl methyl sites for hydroxylation is 1. The Bertz CT molecular complexity index is 671. The summed E-state index contributed by atoms with van der Waals surface area (Å²) < 4.78 is 13.9. The lowest BCUT2D eigenvalue weighted by Gasteiger charge is -2.13. The maximum absolute atomic E-state index is 13.9. The molecule has 1 saturated carbocycles. The average molecular weight is 295 g/mol. The van der Waals surface area contributed by atoms with Crippen molar-refractivity contribution < 1.29 is 4.39 Å². The van der Waals surface area contributed by atoms with E-state index in [1.165, 1.54) is 18.4 Å². The number of nitrogens with zero attached hydrogens (tertiary/aromatic N) is 1. The molecule has 1 unspecified atom stereocenters. The van der Waals surface area contributed by atoms with Gasteiger partial charge in [0, 0.05) is 5.71 Å². The van der Waals surface area contributed by atoms with Crippen LogP contribution in [-0.2, 0) is 0 Å². The minimum absolute atomic E-state index is 0.0966. The average Bonchev–Trinajstić information content (AvgIpc) is 3.34. The van der Waals surface area contributed by atoms with Crippen LogP contribution in [0.3, 0.4) is 0 Å². The molecule has 114 valence electrons. The predicted octanol–water partition coefficient (Wildman–Crippen LogP) is 5.48. The van der Waals surface area contributed by atoms with Crippen molar-refractivity contribution in [1.29, 1.82) is 0 Å². The Morgan fingerprint density at radius 3 is 2.55 bits per heavy atom. The van der Waals surface area contributed by atoms with Crippen molar-refractivity contribution in [3.63, 3.8) is 0 Å². The molecule has 2 aromatic carbocycles. The molecule has 0 saturated heterocycles. The van der Waals surface area contributed by atoms with Crippen molar-refractivity contribution in [2.45, 2.75) is 39.2 Å². The van der Waals surface area contributed by atoms with Crippen LogP contribution in [0.2, 0.25) is 0 Å². The maximum Gasteiger partial charge on any atom is 0.126 e. The lowest BCUT2D eigenvalue weighted by Crippen LogP contribution is -2.06. The number of benzene rings is 2. The fraction of sp³-hybridized carbons (Fsp3) is 0.350. The van der Waals surface area contributed by atoms with Crippen LogP contribution in [0.25, 0.3) is 0 Å². The minimum atomic E-state index is -0.145. The van der Waals surface area contributed by atoms with Crippen LogP contribution in [0, 0.1) is 18.7 Å². The molecule has 3 rings (SSSR count). The van der Waals surface area contributed by atoms with Crippen LogP contribution < -0.4 is 0 Å². The van der Waals surface area contributed by atoms with E-state index in [0.717, 1.165) is 23.6 Å². The number of hydrogen-bond donors (Lipinski definition) is 0.